The summed E-state index contributed by atoms with van der Waals surface area (Å²) in [5, 5.41) is 6.22. The van der Waals surface area contributed by atoms with Gasteiger partial charge in [-0.15, -0.1) is 11.3 Å². The summed E-state index contributed by atoms with van der Waals surface area (Å²) in [6.45, 7) is 3.71. The number of nitrogens with zero attached hydrogens (tertiary/aromatic N) is 3. The van der Waals surface area contributed by atoms with E-state index in [1.54, 1.807) is 13.8 Å². The maximum atomic E-state index is 13.0. The number of hydrogen-bond acceptors (Lipinski definition) is 6. The maximum Gasteiger partial charge on any atom is 0.348 e. The quantitative estimate of drug-likeness (QED) is 0.396. The SMILES string of the molecule is CCOC(=O)c1sc2nc3c4ccccc4c(Cl)nn3c(=O)c2c1C. The lowest BCUT2D eigenvalue weighted by atomic mass is 10.2. The maximum absolute atomic E-state index is 13.0. The van der Waals surface area contributed by atoms with E-state index in [0.29, 0.717) is 31.7 Å². The highest BCUT2D eigenvalue weighted by Crippen LogP contribution is 2.30. The first kappa shape index (κ1) is 16.0. The predicted molar refractivity (Wildman–Crippen MR) is 97.8 cm³/mol. The van der Waals surface area contributed by atoms with Crippen molar-refractivity contribution < 1.29 is 9.53 Å². The minimum absolute atomic E-state index is 0.227. The second-order valence-electron chi connectivity index (χ2n) is 5.45. The van der Waals surface area contributed by atoms with Crippen LogP contribution in [-0.4, -0.2) is 27.2 Å². The van der Waals surface area contributed by atoms with Crippen LogP contribution in [0.15, 0.2) is 29.1 Å². The van der Waals surface area contributed by atoms with Gasteiger partial charge in [0.2, 0.25) is 0 Å². The number of hydrogen-bond donors (Lipinski definition) is 0. The molecule has 0 atom stereocenters. The Morgan fingerprint density at radius 3 is 2.76 bits per heavy atom. The Morgan fingerprint density at radius 1 is 1.32 bits per heavy atom. The summed E-state index contributed by atoms with van der Waals surface area (Å²) >= 11 is 7.38. The van der Waals surface area contributed by atoms with E-state index in [9.17, 15) is 9.59 Å². The number of ether oxygens (including phenoxy) is 1. The fourth-order valence-electron chi connectivity index (χ4n) is 2.83. The van der Waals surface area contributed by atoms with Gasteiger partial charge in [0.1, 0.15) is 9.71 Å². The number of halogens is 1. The Balaban J connectivity index is 2.16. The molecule has 0 fully saturated rings. The van der Waals surface area contributed by atoms with Crippen LogP contribution < -0.4 is 5.56 Å². The zero-order valence-electron chi connectivity index (χ0n) is 13.4. The Labute approximate surface area is 150 Å². The van der Waals surface area contributed by atoms with Gasteiger partial charge in [-0.05, 0) is 19.4 Å². The lowest BCUT2D eigenvalue weighted by Gasteiger charge is -2.05. The standard InChI is InChI=1S/C17H12ClN3O3S/c1-3-24-17(23)12-8(2)11-15(25-12)19-14-10-7-5-4-6-9(10)13(18)20-21(14)16(11)22/h4-7H,3H2,1-2H3. The minimum Gasteiger partial charge on any atom is -0.462 e. The molecular formula is C17H12ClN3O3S. The fraction of sp³-hybridized carbons (Fsp3) is 0.176. The molecule has 0 amide bonds. The first-order valence-corrected chi connectivity index (χ1v) is 8.80. The Kier molecular flexibility index (Phi) is 3.70. The smallest absolute Gasteiger partial charge is 0.348 e. The van der Waals surface area contributed by atoms with Crippen molar-refractivity contribution in [3.8, 4) is 0 Å². The molecule has 0 spiro atoms. The number of rotatable bonds is 2. The van der Waals surface area contributed by atoms with Crippen molar-refractivity contribution in [2.24, 2.45) is 0 Å². The van der Waals surface area contributed by atoms with Crippen molar-refractivity contribution in [3.05, 3.63) is 50.2 Å². The van der Waals surface area contributed by atoms with E-state index in [1.807, 2.05) is 24.3 Å². The van der Waals surface area contributed by atoms with Gasteiger partial charge in [0.25, 0.3) is 5.56 Å². The lowest BCUT2D eigenvalue weighted by molar-refractivity contribution is 0.0531. The molecule has 0 aliphatic heterocycles. The first-order valence-electron chi connectivity index (χ1n) is 7.60. The molecule has 0 radical (unpaired) electrons. The van der Waals surface area contributed by atoms with Crippen LogP contribution in [0.3, 0.4) is 0 Å². The van der Waals surface area contributed by atoms with Crippen LogP contribution in [0.4, 0.5) is 0 Å². The summed E-state index contributed by atoms with van der Waals surface area (Å²) in [4.78, 5) is 30.5. The van der Waals surface area contributed by atoms with Gasteiger partial charge in [-0.2, -0.15) is 9.61 Å². The number of carbonyl (C=O) groups is 1. The first-order chi connectivity index (χ1) is 12.0. The molecule has 126 valence electrons. The molecule has 0 aliphatic rings. The molecule has 0 N–H and O–H groups in total. The van der Waals surface area contributed by atoms with Crippen LogP contribution >= 0.6 is 22.9 Å². The summed E-state index contributed by atoms with van der Waals surface area (Å²) in [6, 6.07) is 7.35. The monoisotopic (exact) mass is 373 g/mol. The van der Waals surface area contributed by atoms with E-state index in [-0.39, 0.29) is 17.3 Å². The van der Waals surface area contributed by atoms with Gasteiger partial charge in [-0.25, -0.2) is 9.78 Å². The second-order valence-corrected chi connectivity index (χ2v) is 6.80. The summed E-state index contributed by atoms with van der Waals surface area (Å²) in [7, 11) is 0. The third-order valence-electron chi connectivity index (χ3n) is 3.98. The molecule has 0 saturated carbocycles. The van der Waals surface area contributed by atoms with Crippen LogP contribution in [-0.2, 0) is 4.74 Å². The molecule has 0 bridgehead atoms. The topological polar surface area (TPSA) is 73.6 Å². The highest BCUT2D eigenvalue weighted by atomic mass is 35.5. The van der Waals surface area contributed by atoms with Crippen molar-refractivity contribution in [2.75, 3.05) is 6.61 Å². The fourth-order valence-corrected chi connectivity index (χ4v) is 4.14. The van der Waals surface area contributed by atoms with Crippen LogP contribution in [0.2, 0.25) is 5.15 Å². The summed E-state index contributed by atoms with van der Waals surface area (Å²) in [5.74, 6) is -0.452. The summed E-state index contributed by atoms with van der Waals surface area (Å²) < 4.78 is 6.26. The second kappa shape index (κ2) is 5.79. The van der Waals surface area contributed by atoms with Gasteiger partial charge in [0.05, 0.1) is 12.0 Å². The molecule has 8 heteroatoms. The van der Waals surface area contributed by atoms with Gasteiger partial charge >= 0.3 is 5.97 Å². The third kappa shape index (κ3) is 2.31. The van der Waals surface area contributed by atoms with Crippen LogP contribution in [0.25, 0.3) is 26.6 Å². The summed E-state index contributed by atoms with van der Waals surface area (Å²) in [6.07, 6.45) is 0. The number of aromatic nitrogens is 3. The number of aryl methyl sites for hydroxylation is 1. The number of fused-ring (bicyclic) bond motifs is 4. The predicted octanol–water partition coefficient (Wildman–Crippen LogP) is 3.60. The molecule has 1 aromatic carbocycles. The molecule has 4 aromatic rings. The van der Waals surface area contributed by atoms with E-state index in [2.05, 4.69) is 10.1 Å². The van der Waals surface area contributed by atoms with Crippen LogP contribution in [0.1, 0.15) is 22.2 Å². The molecule has 4 rings (SSSR count). The Bertz CT molecular complexity index is 1230. The number of benzene rings is 1. The molecule has 0 saturated heterocycles. The van der Waals surface area contributed by atoms with Gasteiger partial charge in [-0.3, -0.25) is 4.79 Å². The van der Waals surface area contributed by atoms with E-state index in [4.69, 9.17) is 16.3 Å². The van der Waals surface area contributed by atoms with Crippen LogP contribution in [0.5, 0.6) is 0 Å². The number of esters is 1. The largest absolute Gasteiger partial charge is 0.462 e. The van der Waals surface area contributed by atoms with Crippen molar-refractivity contribution in [1.29, 1.82) is 0 Å². The molecule has 3 heterocycles. The van der Waals surface area contributed by atoms with Gasteiger partial charge in [0, 0.05) is 10.8 Å². The Morgan fingerprint density at radius 2 is 2.04 bits per heavy atom. The average molecular weight is 374 g/mol. The molecular weight excluding hydrogens is 362 g/mol. The highest BCUT2D eigenvalue weighted by molar-refractivity contribution is 7.20. The molecule has 0 aliphatic carbocycles. The molecule has 6 nitrogen and oxygen atoms in total. The van der Waals surface area contributed by atoms with Gasteiger partial charge in [0.15, 0.2) is 10.8 Å². The zero-order valence-corrected chi connectivity index (χ0v) is 14.9. The van der Waals surface area contributed by atoms with Crippen LogP contribution in [0, 0.1) is 6.92 Å². The van der Waals surface area contributed by atoms with E-state index in [1.165, 1.54) is 4.52 Å². The van der Waals surface area contributed by atoms with E-state index in [0.717, 1.165) is 16.7 Å². The molecule has 25 heavy (non-hydrogen) atoms. The zero-order chi connectivity index (χ0) is 17.7. The van der Waals surface area contributed by atoms with E-state index >= 15 is 0 Å². The van der Waals surface area contributed by atoms with Crippen molar-refractivity contribution >= 4 is 55.5 Å². The highest BCUT2D eigenvalue weighted by Gasteiger charge is 2.22. The third-order valence-corrected chi connectivity index (χ3v) is 5.43. The van der Waals surface area contributed by atoms with Crippen molar-refractivity contribution in [2.45, 2.75) is 13.8 Å². The van der Waals surface area contributed by atoms with Crippen molar-refractivity contribution in [1.82, 2.24) is 14.6 Å². The number of thiophene rings is 1. The average Bonchev–Trinajstić information content (AvgIpc) is 2.94. The minimum atomic E-state index is -0.452. The Hall–Kier alpha value is -2.51. The normalized spacial score (nSPS) is 11.5. The van der Waals surface area contributed by atoms with Crippen molar-refractivity contribution in [3.63, 3.8) is 0 Å². The molecule has 3 aromatic heterocycles. The number of carbonyl (C=O) groups excluding carboxylic acids is 1. The van der Waals surface area contributed by atoms with E-state index < -0.39 is 5.97 Å². The summed E-state index contributed by atoms with van der Waals surface area (Å²) in [5.41, 5.74) is 0.613. The van der Waals surface area contributed by atoms with Gasteiger partial charge in [-0.1, -0.05) is 35.9 Å². The molecule has 0 unspecified atom stereocenters. The van der Waals surface area contributed by atoms with Gasteiger partial charge < -0.3 is 4.74 Å². The lowest BCUT2D eigenvalue weighted by Crippen LogP contribution is -2.18.